The molecule has 2 aromatic carbocycles. The molecule has 1 aliphatic heterocycles. The first-order valence-electron chi connectivity index (χ1n) is 23.7. The van der Waals surface area contributed by atoms with Crippen LogP contribution in [0.15, 0.2) is 78.2 Å². The van der Waals surface area contributed by atoms with E-state index in [9.17, 15) is 53.4 Å². The number of rotatable bonds is 28. The van der Waals surface area contributed by atoms with E-state index >= 15 is 0 Å². The smallest absolute Gasteiger partial charge is 0.326 e. The summed E-state index contributed by atoms with van der Waals surface area (Å²) in [6, 6.07) is 7.01. The van der Waals surface area contributed by atoms with Gasteiger partial charge in [-0.1, -0.05) is 74.5 Å². The summed E-state index contributed by atoms with van der Waals surface area (Å²) in [5.41, 5.74) is 18.3. The predicted molar refractivity (Wildman–Crippen MR) is 262 cm³/mol. The second-order valence-electron chi connectivity index (χ2n) is 18.0. The largest absolute Gasteiger partial charge is 0.481 e. The van der Waals surface area contributed by atoms with Crippen LogP contribution in [0.25, 0.3) is 0 Å². The number of amides is 7. The number of imidazole rings is 1. The number of carbonyl (C=O) groups excluding carboxylic acids is 7. The fourth-order valence-corrected chi connectivity index (χ4v) is 7.93. The van der Waals surface area contributed by atoms with Crippen molar-refractivity contribution >= 4 is 59.2 Å². The van der Waals surface area contributed by atoms with E-state index < -0.39 is 108 Å². The van der Waals surface area contributed by atoms with Gasteiger partial charge >= 0.3 is 11.9 Å². The number of hydrogen-bond acceptors (Lipinski definition) is 12. The Bertz CT molecular complexity index is 2350. The van der Waals surface area contributed by atoms with Crippen molar-refractivity contribution in [3.8, 4) is 0 Å². The average Bonchev–Trinajstić information content (AvgIpc) is 4.05. The number of hydrogen-bond donors (Lipinski definition) is 12. The number of guanidine groups is 1. The van der Waals surface area contributed by atoms with Gasteiger partial charge in [-0.05, 0) is 56.1 Å². The van der Waals surface area contributed by atoms with Crippen LogP contribution in [-0.2, 0) is 62.4 Å². The predicted octanol–water partition coefficient (Wildman–Crippen LogP) is -1.66. The number of carboxylic acid groups (broad SMARTS) is 2. The van der Waals surface area contributed by atoms with Crippen molar-refractivity contribution in [1.82, 2.24) is 46.8 Å². The van der Waals surface area contributed by atoms with Gasteiger partial charge in [0.25, 0.3) is 0 Å². The van der Waals surface area contributed by atoms with Crippen molar-refractivity contribution < 1.29 is 53.4 Å². The molecule has 3 aromatic rings. The normalized spacial score (nSPS) is 16.1. The summed E-state index contributed by atoms with van der Waals surface area (Å²) in [4.78, 5) is 133. The fourth-order valence-electron chi connectivity index (χ4n) is 7.93. The third-order valence-electron chi connectivity index (χ3n) is 11.7. The summed E-state index contributed by atoms with van der Waals surface area (Å²) in [6.45, 7) is 5.22. The Hall–Kier alpha value is -7.89. The van der Waals surface area contributed by atoms with Crippen LogP contribution >= 0.6 is 0 Å². The zero-order chi connectivity index (χ0) is 52.9. The molecule has 0 saturated carbocycles. The second-order valence-corrected chi connectivity index (χ2v) is 18.0. The number of likely N-dealkylation sites (tertiary alicyclic amines) is 1. The van der Waals surface area contributed by atoms with E-state index in [-0.39, 0.29) is 63.5 Å². The lowest BCUT2D eigenvalue weighted by atomic mass is 9.99. The Kier molecular flexibility index (Phi) is 22.1. The van der Waals surface area contributed by atoms with Gasteiger partial charge in [0.1, 0.15) is 42.3 Å². The lowest BCUT2D eigenvalue weighted by molar-refractivity contribution is -0.143. The molecule has 72 heavy (non-hydrogen) atoms. The molecule has 1 aromatic heterocycles. The molecular formula is C48H67N13O11. The molecule has 0 aliphatic carbocycles. The molecule has 1 fully saturated rings. The van der Waals surface area contributed by atoms with Crippen molar-refractivity contribution in [2.75, 3.05) is 13.1 Å². The standard InChI is InChI=1S/C48H67N13O11/c1-27(2)20-33(42(66)60-37(47(71)72)22-30-14-8-5-9-15-30)57-43(67)34(21-29-12-6-4-7-13-29)58-45(69)38-17-11-19-61(38)46(70)36(23-31-25-52-26-54-31)59-44(68)35(24-39(62)63)56-40(64)28(3)55-41(65)32(49)16-10-18-53-48(50)51/h4-9,12-15,25-28,32-38H,10-11,16-24,49H2,1-3H3,(H,52,54)(H,55,65)(H,56,64)(H,57,67)(H,58,69)(H,59,68)(H,60,66)(H,62,63)(H,71,72)(H4,50,51,53)/t28-,32-,33-,34-,35-,36-,37-,38-/m0/s1. The van der Waals surface area contributed by atoms with Gasteiger partial charge < -0.3 is 69.2 Å². The SMILES string of the molecule is CC(C)C[C@H](NC(=O)[C@H](Cc1ccccc1)NC(=O)[C@@H]1CCCN1C(=O)[C@H](Cc1cnc[nH]1)NC(=O)[C@H](CC(=O)O)NC(=O)[C@H](C)NC(=O)[C@@H](N)CCCN=C(N)N)C(=O)N[C@@H](Cc1ccccc1)C(=O)O. The van der Waals surface area contributed by atoms with Crippen LogP contribution in [0.1, 0.15) is 76.1 Å². The first-order valence-corrected chi connectivity index (χ1v) is 23.7. The van der Waals surface area contributed by atoms with Gasteiger partial charge in [0, 0.05) is 44.2 Å². The van der Waals surface area contributed by atoms with Gasteiger partial charge in [-0.2, -0.15) is 0 Å². The summed E-state index contributed by atoms with van der Waals surface area (Å²) in [7, 11) is 0. The number of carbonyl (C=O) groups is 9. The second kappa shape index (κ2) is 28.1. The van der Waals surface area contributed by atoms with E-state index in [0.717, 1.165) is 0 Å². The van der Waals surface area contributed by atoms with Gasteiger partial charge in [0.2, 0.25) is 41.4 Å². The topological polar surface area (TPSA) is 389 Å². The molecule has 1 saturated heterocycles. The third kappa shape index (κ3) is 18.5. The van der Waals surface area contributed by atoms with Gasteiger partial charge in [0.05, 0.1) is 18.8 Å². The van der Waals surface area contributed by atoms with Crippen molar-refractivity contribution in [1.29, 1.82) is 0 Å². The van der Waals surface area contributed by atoms with E-state index in [2.05, 4.69) is 46.9 Å². The average molecular weight is 1000 g/mol. The minimum absolute atomic E-state index is 0.0126. The maximum Gasteiger partial charge on any atom is 0.326 e. The van der Waals surface area contributed by atoms with Crippen molar-refractivity contribution in [2.24, 2.45) is 28.1 Å². The monoisotopic (exact) mass is 1000 g/mol. The number of H-pyrrole nitrogens is 1. The molecule has 0 bridgehead atoms. The van der Waals surface area contributed by atoms with Crippen LogP contribution < -0.4 is 49.1 Å². The third-order valence-corrected chi connectivity index (χ3v) is 11.7. The number of aromatic amines is 1. The zero-order valence-electron chi connectivity index (χ0n) is 40.5. The molecular weight excluding hydrogens is 935 g/mol. The molecule has 390 valence electrons. The van der Waals surface area contributed by atoms with Crippen molar-refractivity contribution in [2.45, 2.75) is 127 Å². The fraction of sp³-hybridized carbons (Fsp3) is 0.479. The quantitative estimate of drug-likeness (QED) is 0.0220. The van der Waals surface area contributed by atoms with Gasteiger partial charge in [0.15, 0.2) is 5.96 Å². The Morgan fingerprint density at radius 1 is 0.722 bits per heavy atom. The van der Waals surface area contributed by atoms with Gasteiger partial charge in [-0.15, -0.1) is 0 Å². The van der Waals surface area contributed by atoms with Crippen molar-refractivity contribution in [3.05, 3.63) is 90.0 Å². The van der Waals surface area contributed by atoms with Crippen LogP contribution in [0.3, 0.4) is 0 Å². The lowest BCUT2D eigenvalue weighted by Crippen LogP contribution is -2.60. The van der Waals surface area contributed by atoms with Crippen molar-refractivity contribution in [3.63, 3.8) is 0 Å². The molecule has 24 nitrogen and oxygen atoms in total. The number of aliphatic carboxylic acids is 2. The van der Waals surface area contributed by atoms with Crippen LogP contribution in [0, 0.1) is 5.92 Å². The van der Waals surface area contributed by atoms with Crippen LogP contribution in [0.2, 0.25) is 0 Å². The first-order chi connectivity index (χ1) is 34.2. The van der Waals surface area contributed by atoms with Crippen LogP contribution in [-0.4, -0.2) is 146 Å². The maximum absolute atomic E-state index is 14.5. The van der Waals surface area contributed by atoms with E-state index in [1.165, 1.54) is 24.3 Å². The Morgan fingerprint density at radius 3 is 1.86 bits per heavy atom. The summed E-state index contributed by atoms with van der Waals surface area (Å²) < 4.78 is 0. The Labute approximate surface area is 416 Å². The molecule has 24 heteroatoms. The number of aliphatic imine (C=N–C) groups is 1. The highest BCUT2D eigenvalue weighted by molar-refractivity contribution is 5.98. The van der Waals surface area contributed by atoms with Gasteiger partial charge in [-0.25, -0.2) is 9.78 Å². The highest BCUT2D eigenvalue weighted by Gasteiger charge is 2.41. The summed E-state index contributed by atoms with van der Waals surface area (Å²) in [6.07, 6.45) is 2.72. The highest BCUT2D eigenvalue weighted by atomic mass is 16.4. The maximum atomic E-state index is 14.5. The molecule has 4 rings (SSSR count). The van der Waals surface area contributed by atoms with Crippen LogP contribution in [0.5, 0.6) is 0 Å². The van der Waals surface area contributed by atoms with E-state index in [4.69, 9.17) is 17.2 Å². The van der Waals surface area contributed by atoms with Gasteiger partial charge in [-0.3, -0.25) is 43.3 Å². The molecule has 0 spiro atoms. The number of aromatic nitrogens is 2. The molecule has 1 aliphatic rings. The van der Waals surface area contributed by atoms with E-state index in [0.29, 0.717) is 29.7 Å². The summed E-state index contributed by atoms with van der Waals surface area (Å²) in [5, 5.41) is 35.1. The number of nitrogens with two attached hydrogens (primary N) is 3. The number of nitrogens with one attached hydrogen (secondary N) is 7. The van der Waals surface area contributed by atoms with Crippen LogP contribution in [0.4, 0.5) is 0 Å². The summed E-state index contributed by atoms with van der Waals surface area (Å²) >= 11 is 0. The molecule has 2 heterocycles. The Balaban J connectivity index is 1.52. The molecule has 15 N–H and O–H groups in total. The zero-order valence-corrected chi connectivity index (χ0v) is 40.5. The minimum Gasteiger partial charge on any atom is -0.481 e. The van der Waals surface area contributed by atoms with E-state index in [1.807, 2.05) is 13.8 Å². The number of benzene rings is 2. The summed E-state index contributed by atoms with van der Waals surface area (Å²) in [5.74, 6) is -8.64. The molecule has 8 atom stereocenters. The minimum atomic E-state index is -1.74. The lowest BCUT2D eigenvalue weighted by Gasteiger charge is -2.31. The first kappa shape index (κ1) is 56.7. The molecule has 0 unspecified atom stereocenters. The Morgan fingerprint density at radius 2 is 1.29 bits per heavy atom. The molecule has 0 radical (unpaired) electrons. The number of nitrogens with zero attached hydrogens (tertiary/aromatic N) is 3. The highest BCUT2D eigenvalue weighted by Crippen LogP contribution is 2.21. The molecule has 7 amide bonds. The van der Waals surface area contributed by atoms with E-state index in [1.54, 1.807) is 60.7 Å². The number of carboxylic acids is 2.